The van der Waals surface area contributed by atoms with Crippen LogP contribution in [0.2, 0.25) is 5.02 Å². The maximum absolute atomic E-state index is 5.99. The zero-order valence-corrected chi connectivity index (χ0v) is 12.0. The summed E-state index contributed by atoms with van der Waals surface area (Å²) in [7, 11) is 2.01. The normalized spacial score (nSPS) is 10.1. The van der Waals surface area contributed by atoms with Crippen LogP contribution < -0.4 is 0 Å². The van der Waals surface area contributed by atoms with Gasteiger partial charge in [-0.15, -0.1) is 5.10 Å². The molecule has 0 N–H and O–H groups in total. The Kier molecular flexibility index (Phi) is 4.17. The molecule has 2 aromatic heterocycles. The second-order valence-electron chi connectivity index (χ2n) is 3.90. The Morgan fingerprint density at radius 1 is 1.11 bits per heavy atom. The van der Waals surface area contributed by atoms with Crippen molar-refractivity contribution in [3.63, 3.8) is 0 Å². The average Bonchev–Trinajstić information content (AvgIpc) is 2.78. The fraction of sp³-hybridized carbons (Fsp3) is 0.200. The molecule has 0 atom stereocenters. The number of fused-ring (bicyclic) bond motifs is 1. The summed E-state index contributed by atoms with van der Waals surface area (Å²) in [6, 6.07) is 11.8. The molecule has 0 saturated heterocycles. The van der Waals surface area contributed by atoms with Crippen LogP contribution in [-0.2, 0) is 7.05 Å². The maximum Gasteiger partial charge on any atom is 0.109 e. The predicted octanol–water partition coefficient (Wildman–Crippen LogP) is 4.31. The quantitative estimate of drug-likeness (QED) is 0.661. The Bertz CT molecular complexity index is 674. The first-order valence-electron chi connectivity index (χ1n) is 6.29. The molecule has 0 aliphatic heterocycles. The van der Waals surface area contributed by atoms with Crippen molar-refractivity contribution in [3.05, 3.63) is 47.6 Å². The van der Waals surface area contributed by atoms with Crippen LogP contribution in [0.3, 0.4) is 0 Å². The van der Waals surface area contributed by atoms with Crippen LogP contribution in [0.5, 0.6) is 0 Å². The first-order chi connectivity index (χ1) is 9.25. The van der Waals surface area contributed by atoms with Gasteiger partial charge in [-0.3, -0.25) is 0 Å². The number of hydrogen-bond acceptors (Lipinski definition) is 2. The lowest BCUT2D eigenvalue weighted by Crippen LogP contribution is -1.93. The average molecular weight is 274 g/mol. The van der Waals surface area contributed by atoms with E-state index in [2.05, 4.69) is 20.8 Å². The van der Waals surface area contributed by atoms with Gasteiger partial charge < -0.3 is 4.57 Å². The minimum atomic E-state index is 0.744. The third kappa shape index (κ3) is 2.61. The molecule has 0 aliphatic carbocycles. The molecule has 2 heterocycles. The zero-order valence-electron chi connectivity index (χ0n) is 11.3. The van der Waals surface area contributed by atoms with Gasteiger partial charge in [0.2, 0.25) is 0 Å². The van der Waals surface area contributed by atoms with E-state index in [0.29, 0.717) is 0 Å². The van der Waals surface area contributed by atoms with Crippen LogP contribution in [0.1, 0.15) is 13.8 Å². The fourth-order valence-corrected chi connectivity index (χ4v) is 2.18. The number of halogens is 1. The van der Waals surface area contributed by atoms with Crippen LogP contribution in [0.15, 0.2) is 42.6 Å². The van der Waals surface area contributed by atoms with Gasteiger partial charge in [-0.05, 0) is 36.4 Å². The first kappa shape index (κ1) is 13.6. The van der Waals surface area contributed by atoms with Crippen molar-refractivity contribution in [1.29, 1.82) is 0 Å². The van der Waals surface area contributed by atoms with Gasteiger partial charge in [0, 0.05) is 29.2 Å². The van der Waals surface area contributed by atoms with Crippen LogP contribution in [0, 0.1) is 0 Å². The third-order valence-electron chi connectivity index (χ3n) is 2.84. The topological polar surface area (TPSA) is 30.7 Å². The minimum absolute atomic E-state index is 0.744. The van der Waals surface area contributed by atoms with E-state index in [0.717, 1.165) is 27.3 Å². The van der Waals surface area contributed by atoms with Gasteiger partial charge in [-0.1, -0.05) is 25.4 Å². The summed E-state index contributed by atoms with van der Waals surface area (Å²) in [5.41, 5.74) is 3.03. The second kappa shape index (κ2) is 5.85. The fourth-order valence-electron chi connectivity index (χ4n) is 2.00. The smallest absolute Gasteiger partial charge is 0.109 e. The zero-order chi connectivity index (χ0) is 13.8. The standard InChI is InChI=1S/C13H10ClN3.C2H6/c1-17-12-5-4-10(14)7-9(12)8-13(17)11-3-2-6-15-16-11;1-2/h2-8H,1H3;1-2H3. The van der Waals surface area contributed by atoms with Gasteiger partial charge in [-0.2, -0.15) is 5.10 Å². The summed E-state index contributed by atoms with van der Waals surface area (Å²) in [4.78, 5) is 0. The Morgan fingerprint density at radius 3 is 2.58 bits per heavy atom. The van der Waals surface area contributed by atoms with Crippen molar-refractivity contribution >= 4 is 22.5 Å². The molecule has 0 aliphatic rings. The van der Waals surface area contributed by atoms with E-state index in [9.17, 15) is 0 Å². The van der Waals surface area contributed by atoms with Crippen molar-refractivity contribution in [2.45, 2.75) is 13.8 Å². The van der Waals surface area contributed by atoms with Crippen molar-refractivity contribution in [2.75, 3.05) is 0 Å². The molecule has 0 spiro atoms. The van der Waals surface area contributed by atoms with Crippen molar-refractivity contribution in [2.24, 2.45) is 7.05 Å². The van der Waals surface area contributed by atoms with Gasteiger partial charge in [0.15, 0.2) is 0 Å². The second-order valence-corrected chi connectivity index (χ2v) is 4.34. The number of nitrogens with zero attached hydrogens (tertiary/aromatic N) is 3. The minimum Gasteiger partial charge on any atom is -0.342 e. The molecule has 3 rings (SSSR count). The Balaban J connectivity index is 0.000000637. The number of aromatic nitrogens is 3. The van der Waals surface area contributed by atoms with Crippen LogP contribution >= 0.6 is 11.6 Å². The molecule has 0 amide bonds. The summed E-state index contributed by atoms with van der Waals surface area (Å²) in [5, 5.41) is 9.88. The summed E-state index contributed by atoms with van der Waals surface area (Å²) >= 11 is 5.99. The molecule has 19 heavy (non-hydrogen) atoms. The first-order valence-corrected chi connectivity index (χ1v) is 6.66. The van der Waals surface area contributed by atoms with E-state index in [1.54, 1.807) is 6.20 Å². The van der Waals surface area contributed by atoms with Gasteiger partial charge in [0.1, 0.15) is 5.69 Å². The summed E-state index contributed by atoms with van der Waals surface area (Å²) < 4.78 is 2.09. The number of benzene rings is 1. The van der Waals surface area contributed by atoms with Crippen LogP contribution in [0.4, 0.5) is 0 Å². The Hall–Kier alpha value is -1.87. The highest BCUT2D eigenvalue weighted by molar-refractivity contribution is 6.31. The number of rotatable bonds is 1. The van der Waals surface area contributed by atoms with Crippen molar-refractivity contribution in [1.82, 2.24) is 14.8 Å². The Labute approximate surface area is 117 Å². The highest BCUT2D eigenvalue weighted by Crippen LogP contribution is 2.27. The SMILES string of the molecule is CC.Cn1c(-c2cccnn2)cc2cc(Cl)ccc21. The molecule has 4 heteroatoms. The predicted molar refractivity (Wildman–Crippen MR) is 80.3 cm³/mol. The summed E-state index contributed by atoms with van der Waals surface area (Å²) in [6.45, 7) is 4.00. The molecule has 0 radical (unpaired) electrons. The van der Waals surface area contributed by atoms with E-state index in [-0.39, 0.29) is 0 Å². The lowest BCUT2D eigenvalue weighted by atomic mass is 10.2. The third-order valence-corrected chi connectivity index (χ3v) is 3.07. The molecule has 1 aromatic carbocycles. The van der Waals surface area contributed by atoms with Gasteiger partial charge in [0.05, 0.1) is 5.69 Å². The summed E-state index contributed by atoms with van der Waals surface area (Å²) in [5.74, 6) is 0. The summed E-state index contributed by atoms with van der Waals surface area (Å²) in [6.07, 6.45) is 1.67. The number of hydrogen-bond donors (Lipinski definition) is 0. The van der Waals surface area contributed by atoms with E-state index < -0.39 is 0 Å². The largest absolute Gasteiger partial charge is 0.342 e. The van der Waals surface area contributed by atoms with Gasteiger partial charge in [0.25, 0.3) is 0 Å². The lowest BCUT2D eigenvalue weighted by Gasteiger charge is -2.02. The Morgan fingerprint density at radius 2 is 1.89 bits per heavy atom. The number of aryl methyl sites for hydroxylation is 1. The van der Waals surface area contributed by atoms with Crippen LogP contribution in [0.25, 0.3) is 22.3 Å². The van der Waals surface area contributed by atoms with Gasteiger partial charge in [-0.25, -0.2) is 0 Å². The van der Waals surface area contributed by atoms with Crippen molar-refractivity contribution in [3.8, 4) is 11.4 Å². The molecule has 0 fully saturated rings. The highest BCUT2D eigenvalue weighted by Gasteiger charge is 2.08. The molecular formula is C15H16ClN3. The maximum atomic E-state index is 5.99. The highest BCUT2D eigenvalue weighted by atomic mass is 35.5. The molecular weight excluding hydrogens is 258 g/mol. The lowest BCUT2D eigenvalue weighted by molar-refractivity contribution is 0.949. The molecule has 3 aromatic rings. The monoisotopic (exact) mass is 273 g/mol. The van der Waals surface area contributed by atoms with E-state index >= 15 is 0 Å². The van der Waals surface area contributed by atoms with E-state index in [1.165, 1.54) is 0 Å². The molecule has 3 nitrogen and oxygen atoms in total. The van der Waals surface area contributed by atoms with E-state index in [4.69, 9.17) is 11.6 Å². The van der Waals surface area contributed by atoms with E-state index in [1.807, 2.05) is 51.2 Å². The van der Waals surface area contributed by atoms with Gasteiger partial charge >= 0.3 is 0 Å². The molecule has 0 saturated carbocycles. The molecule has 0 bridgehead atoms. The van der Waals surface area contributed by atoms with Crippen molar-refractivity contribution < 1.29 is 0 Å². The molecule has 0 unspecified atom stereocenters. The molecule has 98 valence electrons. The van der Waals surface area contributed by atoms with Crippen LogP contribution in [-0.4, -0.2) is 14.8 Å².